The maximum Gasteiger partial charge on any atom is 0.416 e. The molecule has 1 N–H and O–H groups in total. The normalized spacial score (nSPS) is 25.2. The van der Waals surface area contributed by atoms with Crippen LogP contribution in [0.15, 0.2) is 54.6 Å². The van der Waals surface area contributed by atoms with Gasteiger partial charge in [-0.1, -0.05) is 36.4 Å². The Labute approximate surface area is 211 Å². The van der Waals surface area contributed by atoms with Gasteiger partial charge < -0.3 is 10.1 Å². The first-order valence-electron chi connectivity index (χ1n) is 12.2. The maximum atomic E-state index is 13.3. The van der Waals surface area contributed by atoms with Crippen LogP contribution in [-0.4, -0.2) is 41.2 Å². The van der Waals surface area contributed by atoms with Crippen molar-refractivity contribution in [1.29, 1.82) is 0 Å². The Morgan fingerprint density at radius 1 is 0.973 bits per heavy atom. The molecule has 0 spiro atoms. The zero-order chi connectivity index (χ0) is 26.3. The van der Waals surface area contributed by atoms with Gasteiger partial charge in [-0.3, -0.25) is 19.3 Å². The third-order valence-corrected chi connectivity index (χ3v) is 7.64. The van der Waals surface area contributed by atoms with Crippen molar-refractivity contribution in [2.75, 3.05) is 11.9 Å². The molecule has 0 radical (unpaired) electrons. The molecule has 5 rings (SSSR count). The van der Waals surface area contributed by atoms with E-state index in [9.17, 15) is 32.3 Å². The summed E-state index contributed by atoms with van der Waals surface area (Å²) < 4.78 is 44.0. The Balaban J connectivity index is 1.30. The highest BCUT2D eigenvalue weighted by Crippen LogP contribution is 2.56. The summed E-state index contributed by atoms with van der Waals surface area (Å²) >= 11 is 0. The third kappa shape index (κ3) is 4.84. The highest BCUT2D eigenvalue weighted by Gasteiger charge is 2.62. The number of anilines is 1. The number of carbonyl (C=O) groups excluding carboxylic acids is 4. The third-order valence-electron chi connectivity index (χ3n) is 7.64. The van der Waals surface area contributed by atoms with Crippen LogP contribution in [0.1, 0.15) is 30.4 Å². The first kappa shape index (κ1) is 25.0. The Hall–Kier alpha value is -3.69. The number of amides is 3. The molecule has 0 unspecified atom stereocenters. The highest BCUT2D eigenvalue weighted by molar-refractivity contribution is 6.08. The second-order valence-electron chi connectivity index (χ2n) is 9.87. The summed E-state index contributed by atoms with van der Waals surface area (Å²) in [5.74, 6) is -3.05. The molecule has 194 valence electrons. The van der Waals surface area contributed by atoms with Crippen LogP contribution in [0.3, 0.4) is 0 Å². The molecule has 1 saturated heterocycles. The van der Waals surface area contributed by atoms with Gasteiger partial charge in [-0.25, -0.2) is 4.79 Å². The molecule has 3 fully saturated rings. The van der Waals surface area contributed by atoms with Gasteiger partial charge in [-0.05, 0) is 54.9 Å². The summed E-state index contributed by atoms with van der Waals surface area (Å²) in [6.07, 6.45) is -1.92. The standard InChI is InChI=1S/C27H25F3N2O5/c28-27(29,30)18-7-4-8-19(13-18)31-21(33)14-37-26(36)20(11-15-5-2-1-3-6-15)32-24(34)22-16-9-10-17(12-16)23(22)25(32)35/h1-8,13,16-17,20,22-23H,9-12,14H2,(H,31,33)/t16-,17-,20-,22-,23-/m0/s1. The molecular weight excluding hydrogens is 489 g/mol. The molecule has 5 atom stereocenters. The molecule has 2 aromatic carbocycles. The predicted molar refractivity (Wildman–Crippen MR) is 125 cm³/mol. The smallest absolute Gasteiger partial charge is 0.416 e. The van der Waals surface area contributed by atoms with E-state index in [4.69, 9.17) is 4.74 Å². The fourth-order valence-corrected chi connectivity index (χ4v) is 6.06. The molecular formula is C27H25F3N2O5. The molecule has 2 bridgehead atoms. The number of halogens is 3. The molecule has 37 heavy (non-hydrogen) atoms. The van der Waals surface area contributed by atoms with Crippen molar-refractivity contribution in [3.8, 4) is 0 Å². The van der Waals surface area contributed by atoms with Gasteiger partial charge >= 0.3 is 12.1 Å². The Morgan fingerprint density at radius 3 is 2.24 bits per heavy atom. The molecule has 3 aliphatic rings. The van der Waals surface area contributed by atoms with Crippen molar-refractivity contribution in [1.82, 2.24) is 4.90 Å². The van der Waals surface area contributed by atoms with Crippen LogP contribution in [0.4, 0.5) is 18.9 Å². The second-order valence-corrected chi connectivity index (χ2v) is 9.87. The van der Waals surface area contributed by atoms with Crippen LogP contribution in [0.5, 0.6) is 0 Å². The number of likely N-dealkylation sites (tertiary alicyclic amines) is 1. The van der Waals surface area contributed by atoms with Gasteiger partial charge in [0.15, 0.2) is 6.61 Å². The van der Waals surface area contributed by atoms with E-state index in [1.807, 2.05) is 0 Å². The zero-order valence-electron chi connectivity index (χ0n) is 19.7. The fraction of sp³-hybridized carbons (Fsp3) is 0.407. The monoisotopic (exact) mass is 514 g/mol. The average molecular weight is 515 g/mol. The van der Waals surface area contributed by atoms with Gasteiger partial charge in [0, 0.05) is 12.1 Å². The molecule has 2 aromatic rings. The van der Waals surface area contributed by atoms with E-state index < -0.39 is 48.1 Å². The van der Waals surface area contributed by atoms with Gasteiger partial charge in [-0.15, -0.1) is 0 Å². The van der Waals surface area contributed by atoms with Crippen molar-refractivity contribution >= 4 is 29.4 Å². The number of fused-ring (bicyclic) bond motifs is 5. The molecule has 7 nitrogen and oxygen atoms in total. The van der Waals surface area contributed by atoms with Crippen LogP contribution in [0.25, 0.3) is 0 Å². The number of rotatable bonds is 7. The van der Waals surface area contributed by atoms with Crippen LogP contribution >= 0.6 is 0 Å². The zero-order valence-corrected chi connectivity index (χ0v) is 19.7. The molecule has 10 heteroatoms. The van der Waals surface area contributed by atoms with Gasteiger partial charge in [-0.2, -0.15) is 13.2 Å². The molecule has 2 aliphatic carbocycles. The van der Waals surface area contributed by atoms with Crippen molar-refractivity contribution in [2.24, 2.45) is 23.7 Å². The van der Waals surface area contributed by atoms with Gasteiger partial charge in [0.2, 0.25) is 11.8 Å². The van der Waals surface area contributed by atoms with Gasteiger partial charge in [0.25, 0.3) is 5.91 Å². The number of nitrogens with zero attached hydrogens (tertiary/aromatic N) is 1. The van der Waals surface area contributed by atoms with E-state index in [0.29, 0.717) is 5.56 Å². The molecule has 1 heterocycles. The summed E-state index contributed by atoms with van der Waals surface area (Å²) in [5, 5.41) is 2.27. The summed E-state index contributed by atoms with van der Waals surface area (Å²) in [5.41, 5.74) is -0.334. The summed E-state index contributed by atoms with van der Waals surface area (Å²) in [6.45, 7) is -0.783. The van der Waals surface area contributed by atoms with Crippen molar-refractivity contribution in [3.05, 3.63) is 65.7 Å². The van der Waals surface area contributed by atoms with Crippen molar-refractivity contribution < 1.29 is 37.1 Å². The first-order valence-corrected chi connectivity index (χ1v) is 12.2. The number of esters is 1. The number of nitrogens with one attached hydrogen (secondary N) is 1. The number of ether oxygens (including phenoxy) is 1. The minimum absolute atomic E-state index is 0.0289. The lowest BCUT2D eigenvalue weighted by Crippen LogP contribution is -2.48. The van der Waals surface area contributed by atoms with E-state index in [2.05, 4.69) is 5.32 Å². The second kappa shape index (κ2) is 9.64. The van der Waals surface area contributed by atoms with E-state index in [-0.39, 0.29) is 35.8 Å². The summed E-state index contributed by atoms with van der Waals surface area (Å²) in [6, 6.07) is 11.7. The first-order chi connectivity index (χ1) is 17.6. The lowest BCUT2D eigenvalue weighted by atomic mass is 9.81. The van der Waals surface area contributed by atoms with E-state index in [1.54, 1.807) is 30.3 Å². The van der Waals surface area contributed by atoms with E-state index in [1.165, 1.54) is 6.07 Å². The molecule has 3 amide bonds. The number of carbonyl (C=O) groups is 4. The quantitative estimate of drug-likeness (QED) is 0.448. The molecule has 2 saturated carbocycles. The Kier molecular flexibility index (Phi) is 6.51. The van der Waals surface area contributed by atoms with Crippen LogP contribution in [-0.2, 0) is 36.5 Å². The minimum Gasteiger partial charge on any atom is -0.454 e. The van der Waals surface area contributed by atoms with Crippen molar-refractivity contribution in [2.45, 2.75) is 37.9 Å². The average Bonchev–Trinajstić information content (AvgIpc) is 3.55. The minimum atomic E-state index is -4.58. The van der Waals surface area contributed by atoms with E-state index >= 15 is 0 Å². The topological polar surface area (TPSA) is 92.8 Å². The Bertz CT molecular complexity index is 1200. The van der Waals surface area contributed by atoms with Crippen LogP contribution < -0.4 is 5.32 Å². The molecule has 1 aliphatic heterocycles. The van der Waals surface area contributed by atoms with Crippen LogP contribution in [0, 0.1) is 23.7 Å². The Morgan fingerprint density at radius 2 is 1.62 bits per heavy atom. The van der Waals surface area contributed by atoms with Crippen LogP contribution in [0.2, 0.25) is 0 Å². The van der Waals surface area contributed by atoms with Crippen molar-refractivity contribution in [3.63, 3.8) is 0 Å². The SMILES string of the molecule is O=C(COC(=O)[C@H](Cc1ccccc1)N1C(=O)[C@H]2[C@H]3CC[C@@H](C3)[C@@H]2C1=O)Nc1cccc(C(F)(F)F)c1. The lowest BCUT2D eigenvalue weighted by Gasteiger charge is -2.26. The number of hydrogen-bond acceptors (Lipinski definition) is 5. The maximum absolute atomic E-state index is 13.3. The number of hydrogen-bond donors (Lipinski definition) is 1. The largest absolute Gasteiger partial charge is 0.454 e. The molecule has 0 aromatic heterocycles. The predicted octanol–water partition coefficient (Wildman–Crippen LogP) is 3.83. The fourth-order valence-electron chi connectivity index (χ4n) is 6.06. The van der Waals surface area contributed by atoms with Gasteiger partial charge in [0.05, 0.1) is 17.4 Å². The van der Waals surface area contributed by atoms with E-state index in [0.717, 1.165) is 42.4 Å². The summed E-state index contributed by atoms with van der Waals surface area (Å²) in [4.78, 5) is 53.2. The lowest BCUT2D eigenvalue weighted by molar-refractivity contribution is -0.160. The number of benzene rings is 2. The summed E-state index contributed by atoms with van der Waals surface area (Å²) in [7, 11) is 0. The number of alkyl halides is 3. The highest BCUT2D eigenvalue weighted by atomic mass is 19.4. The van der Waals surface area contributed by atoms with Gasteiger partial charge in [0.1, 0.15) is 6.04 Å². The number of imide groups is 1.